The van der Waals surface area contributed by atoms with Gasteiger partial charge in [-0.2, -0.15) is 0 Å². The molecule has 1 heterocycles. The van der Waals surface area contributed by atoms with Crippen LogP contribution in [0.5, 0.6) is 0 Å². The number of ketones is 1. The van der Waals surface area contributed by atoms with Gasteiger partial charge < -0.3 is 44.3 Å². The fraction of sp³-hybridized carbons (Fsp3) is 0.447. The van der Waals surface area contributed by atoms with Gasteiger partial charge >= 0.3 is 23.9 Å². The number of carbonyl (C=O) groups excluding carboxylic acids is 6. The van der Waals surface area contributed by atoms with Crippen LogP contribution in [0.25, 0.3) is 0 Å². The Morgan fingerprint density at radius 3 is 1.95 bits per heavy atom. The summed E-state index contributed by atoms with van der Waals surface area (Å²) >= 11 is 0. The van der Waals surface area contributed by atoms with E-state index in [9.17, 15) is 39.3 Å². The van der Waals surface area contributed by atoms with E-state index in [4.69, 9.17) is 23.7 Å². The average Bonchev–Trinajstić information content (AvgIpc) is 3.24. The molecule has 62 heavy (non-hydrogen) atoms. The maximum absolute atomic E-state index is 15.5. The Morgan fingerprint density at radius 1 is 0.823 bits per heavy atom. The molecule has 2 bridgehead atoms. The van der Waals surface area contributed by atoms with Gasteiger partial charge in [-0.1, -0.05) is 80.6 Å². The number of amides is 1. The third-order valence-electron chi connectivity index (χ3n) is 13.5. The van der Waals surface area contributed by atoms with Gasteiger partial charge in [0.25, 0.3) is 5.91 Å². The second kappa shape index (κ2) is 16.5. The van der Waals surface area contributed by atoms with Gasteiger partial charge in [0.05, 0.1) is 35.6 Å². The molecule has 0 aromatic heterocycles. The number of rotatable bonds is 10. The molecule has 11 atom stereocenters. The molecule has 3 aromatic carbocycles. The van der Waals surface area contributed by atoms with Crippen LogP contribution < -0.4 is 5.32 Å². The number of nitrogens with one attached hydrogen (secondary N) is 1. The van der Waals surface area contributed by atoms with E-state index >= 15 is 4.79 Å². The van der Waals surface area contributed by atoms with Gasteiger partial charge in [-0.3, -0.25) is 19.2 Å². The molecule has 4 unspecified atom stereocenters. The quantitative estimate of drug-likeness (QED) is 0.130. The van der Waals surface area contributed by atoms with Gasteiger partial charge in [-0.15, -0.1) is 0 Å². The molecule has 15 nitrogen and oxygen atoms in total. The predicted octanol–water partition coefficient (Wildman–Crippen LogP) is 3.74. The van der Waals surface area contributed by atoms with E-state index in [0.29, 0.717) is 5.56 Å². The van der Waals surface area contributed by atoms with Crippen molar-refractivity contribution in [2.45, 2.75) is 108 Å². The first-order chi connectivity index (χ1) is 29.3. The highest BCUT2D eigenvalue weighted by molar-refractivity contribution is 5.96. The van der Waals surface area contributed by atoms with Gasteiger partial charge in [-0.05, 0) is 54.8 Å². The van der Waals surface area contributed by atoms with E-state index in [1.807, 2.05) is 0 Å². The summed E-state index contributed by atoms with van der Waals surface area (Å²) in [6, 6.07) is 22.9. The van der Waals surface area contributed by atoms with Crippen molar-refractivity contribution in [3.63, 3.8) is 0 Å². The first-order valence-electron chi connectivity index (χ1n) is 20.5. The van der Waals surface area contributed by atoms with E-state index in [2.05, 4.69) is 5.32 Å². The maximum Gasteiger partial charge on any atom is 0.338 e. The lowest BCUT2D eigenvalue weighted by Gasteiger charge is -2.67. The summed E-state index contributed by atoms with van der Waals surface area (Å²) in [5.41, 5.74) is -7.02. The van der Waals surface area contributed by atoms with Crippen LogP contribution in [0.1, 0.15) is 86.7 Å². The Balaban J connectivity index is 1.39. The number of fused-ring (bicyclic) bond motifs is 5. The zero-order valence-electron chi connectivity index (χ0n) is 35.2. The molecule has 2 saturated carbocycles. The highest BCUT2D eigenvalue weighted by Gasteiger charge is 2.78. The fourth-order valence-corrected chi connectivity index (χ4v) is 10.2. The van der Waals surface area contributed by atoms with Crippen molar-refractivity contribution in [2.24, 2.45) is 16.7 Å². The molecule has 328 valence electrons. The second-order valence-corrected chi connectivity index (χ2v) is 17.4. The Morgan fingerprint density at radius 2 is 1.40 bits per heavy atom. The van der Waals surface area contributed by atoms with Crippen molar-refractivity contribution in [3.8, 4) is 0 Å². The van der Waals surface area contributed by atoms with Gasteiger partial charge in [-0.25, -0.2) is 9.59 Å². The van der Waals surface area contributed by atoms with Crippen molar-refractivity contribution in [1.82, 2.24) is 5.32 Å². The SMILES string of the molecule is CC(=O)O[C@H]1C(=O)[C@@]2(C)C(C(OC(=O)c3ccccc3)[C@]3(O)CC(OC(=O)C(O)[C@@H](NC(=O)c4ccccc4)c4ccccc4)C(C)=C1C3(C)C)[C@]1(OC(C)=O)CO[C@@H]1C[C@@H]2O. The van der Waals surface area contributed by atoms with E-state index in [-0.39, 0.29) is 35.3 Å². The van der Waals surface area contributed by atoms with Crippen molar-refractivity contribution in [1.29, 1.82) is 0 Å². The Bertz CT molecular complexity index is 2280. The molecule has 0 spiro atoms. The number of esters is 4. The summed E-state index contributed by atoms with van der Waals surface area (Å²) in [4.78, 5) is 83.5. The Labute approximate surface area is 358 Å². The highest BCUT2D eigenvalue weighted by Crippen LogP contribution is 2.64. The summed E-state index contributed by atoms with van der Waals surface area (Å²) in [7, 11) is 0. The Hall–Kier alpha value is -5.74. The lowest BCUT2D eigenvalue weighted by Crippen LogP contribution is -2.82. The summed E-state index contributed by atoms with van der Waals surface area (Å²) in [6.45, 7) is 7.97. The van der Waals surface area contributed by atoms with Crippen LogP contribution in [0.15, 0.2) is 102 Å². The maximum atomic E-state index is 15.5. The van der Waals surface area contributed by atoms with Crippen LogP contribution in [-0.2, 0) is 42.9 Å². The summed E-state index contributed by atoms with van der Waals surface area (Å²) in [6.07, 6.45) is -10.5. The monoisotopic (exact) mass is 853 g/mol. The van der Waals surface area contributed by atoms with Crippen molar-refractivity contribution < 1.29 is 67.8 Å². The van der Waals surface area contributed by atoms with Gasteiger partial charge in [0, 0.05) is 37.7 Å². The molecule has 1 amide bonds. The molecule has 1 saturated heterocycles. The molecular weight excluding hydrogens is 803 g/mol. The molecule has 15 heteroatoms. The van der Waals surface area contributed by atoms with Gasteiger partial charge in [0.2, 0.25) is 0 Å². The first-order valence-corrected chi connectivity index (χ1v) is 20.5. The second-order valence-electron chi connectivity index (χ2n) is 17.4. The Kier molecular flexibility index (Phi) is 11.8. The highest BCUT2D eigenvalue weighted by atomic mass is 16.6. The molecule has 3 aromatic rings. The summed E-state index contributed by atoms with van der Waals surface area (Å²) in [5, 5.41) is 40.2. The number of benzene rings is 3. The van der Waals surface area contributed by atoms with Crippen molar-refractivity contribution >= 4 is 35.6 Å². The van der Waals surface area contributed by atoms with Crippen LogP contribution >= 0.6 is 0 Å². The van der Waals surface area contributed by atoms with Crippen LogP contribution in [0.3, 0.4) is 0 Å². The zero-order valence-corrected chi connectivity index (χ0v) is 35.2. The third-order valence-corrected chi connectivity index (χ3v) is 13.5. The summed E-state index contributed by atoms with van der Waals surface area (Å²) in [5.74, 6) is -6.84. The molecule has 4 N–H and O–H groups in total. The number of hydrogen-bond acceptors (Lipinski definition) is 14. The largest absolute Gasteiger partial charge is 0.456 e. The minimum atomic E-state index is -2.39. The smallest absolute Gasteiger partial charge is 0.338 e. The van der Waals surface area contributed by atoms with Gasteiger partial charge in [0.1, 0.15) is 23.9 Å². The third kappa shape index (κ3) is 7.29. The van der Waals surface area contributed by atoms with E-state index < -0.39 is 113 Å². The lowest BCUT2D eigenvalue weighted by atomic mass is 9.44. The number of Topliss-reactive ketones (excluding diaryl/α,β-unsaturated/α-hetero) is 1. The molecule has 0 radical (unpaired) electrons. The van der Waals surface area contributed by atoms with Crippen molar-refractivity contribution in [3.05, 3.63) is 119 Å². The molecular formula is C47H51NO14. The molecule has 4 aliphatic rings. The minimum absolute atomic E-state index is 0.00289. The van der Waals surface area contributed by atoms with E-state index in [0.717, 1.165) is 13.8 Å². The lowest BCUT2D eigenvalue weighted by molar-refractivity contribution is -0.346. The number of carbonyl (C=O) groups is 6. The van der Waals surface area contributed by atoms with Crippen LogP contribution in [0.2, 0.25) is 0 Å². The van der Waals surface area contributed by atoms with E-state index in [1.54, 1.807) is 92.7 Å². The molecule has 3 fully saturated rings. The zero-order chi connectivity index (χ0) is 44.9. The number of aliphatic hydroxyl groups excluding tert-OH is 2. The van der Waals surface area contributed by atoms with Crippen molar-refractivity contribution in [2.75, 3.05) is 6.61 Å². The fourth-order valence-electron chi connectivity index (χ4n) is 10.2. The number of aliphatic hydroxyl groups is 3. The van der Waals surface area contributed by atoms with Gasteiger partial charge in [0.15, 0.2) is 23.6 Å². The first kappa shape index (κ1) is 44.3. The normalized spacial score (nSPS) is 31.9. The predicted molar refractivity (Wildman–Crippen MR) is 218 cm³/mol. The topological polar surface area (TPSA) is 221 Å². The molecule has 3 aliphatic carbocycles. The summed E-state index contributed by atoms with van der Waals surface area (Å²) < 4.78 is 30.3. The van der Waals surface area contributed by atoms with Crippen LogP contribution in [0.4, 0.5) is 0 Å². The van der Waals surface area contributed by atoms with E-state index in [1.165, 1.54) is 26.0 Å². The van der Waals surface area contributed by atoms with Crippen LogP contribution in [0, 0.1) is 16.7 Å². The number of hydrogen-bond donors (Lipinski definition) is 4. The minimum Gasteiger partial charge on any atom is -0.456 e. The number of ether oxygens (including phenoxy) is 5. The average molecular weight is 854 g/mol. The van der Waals surface area contributed by atoms with Crippen LogP contribution in [-0.4, -0.2) is 105 Å². The standard InChI is InChI=1S/C47H51NO14/c1-25-31(60-43(56)36(52)35(28-16-10-7-11-17-28)48-41(54)29-18-12-8-13-19-29)23-47(57)40(61-42(55)30-20-14-9-15-21-30)38-45(6,32(51)22-33-46(38,24-58-33)62-27(3)50)39(53)37(59-26(2)49)34(25)44(47,4)5/h7-21,31-33,35-38,40,51-52,57H,22-24H2,1-6H3,(H,48,54)/t31?,32-,33+,35-,36?,37+,38?,40?,45+,46-,47+/m0/s1. The molecule has 1 aliphatic heterocycles. The molecule has 7 rings (SSSR count).